The van der Waals surface area contributed by atoms with Gasteiger partial charge in [0.2, 0.25) is 0 Å². The number of aromatic nitrogens is 2. The molecule has 0 aliphatic rings. The van der Waals surface area contributed by atoms with Gasteiger partial charge >= 0.3 is 0 Å². The maximum Gasteiger partial charge on any atom is 0.164 e. The molecule has 2 rings (SSSR count). The van der Waals surface area contributed by atoms with E-state index in [0.29, 0.717) is 22.1 Å². The maximum absolute atomic E-state index is 5.86. The van der Waals surface area contributed by atoms with Crippen LogP contribution in [0.25, 0.3) is 0 Å². The number of hydrogen-bond acceptors (Lipinski definition) is 4. The third kappa shape index (κ3) is 3.34. The van der Waals surface area contributed by atoms with Gasteiger partial charge in [-0.3, -0.25) is 0 Å². The second-order valence-electron chi connectivity index (χ2n) is 3.54. The molecule has 0 amide bonds. The van der Waals surface area contributed by atoms with E-state index in [9.17, 15) is 0 Å². The molecule has 6 heteroatoms. The fraction of sp³-hybridized carbons (Fsp3) is 0.167. The van der Waals surface area contributed by atoms with Crippen LogP contribution in [0.15, 0.2) is 35.1 Å². The smallest absolute Gasteiger partial charge is 0.164 e. The van der Waals surface area contributed by atoms with Crippen LogP contribution < -0.4 is 10.1 Å². The number of nitrogens with zero attached hydrogens (tertiary/aromatic N) is 2. The van der Waals surface area contributed by atoms with Crippen LogP contribution in [-0.4, -0.2) is 17.1 Å². The first-order chi connectivity index (χ1) is 8.69. The lowest BCUT2D eigenvalue weighted by Gasteiger charge is -2.07. The SMILES string of the molecule is COc1ccc(CNc2cnc(Br)c(Cl)n2)cc1. The van der Waals surface area contributed by atoms with Gasteiger partial charge in [0.25, 0.3) is 0 Å². The lowest BCUT2D eigenvalue weighted by Crippen LogP contribution is -2.02. The molecule has 0 unspecified atom stereocenters. The van der Waals surface area contributed by atoms with E-state index in [0.717, 1.165) is 11.3 Å². The Labute approximate surface area is 118 Å². The molecule has 0 saturated heterocycles. The average molecular weight is 329 g/mol. The summed E-state index contributed by atoms with van der Waals surface area (Å²) < 4.78 is 5.64. The number of ether oxygens (including phenoxy) is 1. The Balaban J connectivity index is 1.99. The number of benzene rings is 1. The molecule has 18 heavy (non-hydrogen) atoms. The highest BCUT2D eigenvalue weighted by Gasteiger charge is 2.02. The summed E-state index contributed by atoms with van der Waals surface area (Å²) in [7, 11) is 1.65. The van der Waals surface area contributed by atoms with Crippen molar-refractivity contribution >= 4 is 33.3 Å². The Hall–Kier alpha value is -1.33. The van der Waals surface area contributed by atoms with Gasteiger partial charge in [0.1, 0.15) is 16.2 Å². The van der Waals surface area contributed by atoms with Crippen molar-refractivity contribution in [2.24, 2.45) is 0 Å². The Morgan fingerprint density at radius 1 is 1.33 bits per heavy atom. The van der Waals surface area contributed by atoms with E-state index in [4.69, 9.17) is 16.3 Å². The number of methoxy groups -OCH3 is 1. The molecule has 0 saturated carbocycles. The Bertz CT molecular complexity index is 533. The minimum Gasteiger partial charge on any atom is -0.497 e. The standard InChI is InChI=1S/C12H11BrClN3O/c1-18-9-4-2-8(3-5-9)6-15-10-7-16-11(13)12(14)17-10/h2-5,7H,6H2,1H3,(H,15,17). The highest BCUT2D eigenvalue weighted by molar-refractivity contribution is 9.10. The predicted molar refractivity (Wildman–Crippen MR) is 75.1 cm³/mol. The zero-order valence-electron chi connectivity index (χ0n) is 9.65. The van der Waals surface area contributed by atoms with Crippen LogP contribution in [0.4, 0.5) is 5.82 Å². The molecule has 1 aromatic heterocycles. The summed E-state index contributed by atoms with van der Waals surface area (Å²) in [5, 5.41) is 3.49. The van der Waals surface area contributed by atoms with Crippen molar-refractivity contribution in [2.45, 2.75) is 6.54 Å². The minimum atomic E-state index is 0.342. The van der Waals surface area contributed by atoms with Crippen molar-refractivity contribution in [1.29, 1.82) is 0 Å². The van der Waals surface area contributed by atoms with Crippen molar-refractivity contribution < 1.29 is 4.74 Å². The normalized spacial score (nSPS) is 10.2. The molecule has 4 nitrogen and oxygen atoms in total. The second kappa shape index (κ2) is 6.02. The van der Waals surface area contributed by atoms with Crippen molar-refractivity contribution in [2.75, 3.05) is 12.4 Å². The van der Waals surface area contributed by atoms with Crippen molar-refractivity contribution in [3.05, 3.63) is 45.8 Å². The number of anilines is 1. The van der Waals surface area contributed by atoms with E-state index in [2.05, 4.69) is 31.2 Å². The largest absolute Gasteiger partial charge is 0.497 e. The fourth-order valence-electron chi connectivity index (χ4n) is 1.37. The van der Waals surface area contributed by atoms with E-state index in [1.807, 2.05) is 24.3 Å². The lowest BCUT2D eigenvalue weighted by atomic mass is 10.2. The molecule has 0 radical (unpaired) electrons. The second-order valence-corrected chi connectivity index (χ2v) is 4.65. The van der Waals surface area contributed by atoms with Gasteiger partial charge in [0.05, 0.1) is 13.3 Å². The van der Waals surface area contributed by atoms with Gasteiger partial charge in [-0.2, -0.15) is 0 Å². The van der Waals surface area contributed by atoms with Crippen LogP contribution in [0, 0.1) is 0 Å². The van der Waals surface area contributed by atoms with Crippen molar-refractivity contribution in [3.8, 4) is 5.75 Å². The summed E-state index contributed by atoms with van der Waals surface area (Å²) in [5.41, 5.74) is 1.12. The highest BCUT2D eigenvalue weighted by Crippen LogP contribution is 2.19. The molecule has 2 aromatic rings. The Kier molecular flexibility index (Phi) is 4.38. The number of nitrogens with one attached hydrogen (secondary N) is 1. The fourth-order valence-corrected chi connectivity index (χ4v) is 1.70. The zero-order chi connectivity index (χ0) is 13.0. The molecular weight excluding hydrogens is 318 g/mol. The summed E-state index contributed by atoms with van der Waals surface area (Å²) in [4.78, 5) is 8.20. The maximum atomic E-state index is 5.86. The molecule has 1 heterocycles. The van der Waals surface area contributed by atoms with E-state index >= 15 is 0 Å². The molecular formula is C12H11BrClN3O. The molecule has 1 N–H and O–H groups in total. The van der Waals surface area contributed by atoms with Gasteiger partial charge in [0.15, 0.2) is 5.15 Å². The monoisotopic (exact) mass is 327 g/mol. The molecule has 0 aliphatic heterocycles. The minimum absolute atomic E-state index is 0.342. The van der Waals surface area contributed by atoms with Crippen LogP contribution in [0.5, 0.6) is 5.75 Å². The average Bonchev–Trinajstić information content (AvgIpc) is 2.41. The quantitative estimate of drug-likeness (QED) is 0.933. The molecule has 0 fully saturated rings. The summed E-state index contributed by atoms with van der Waals surface area (Å²) in [6.07, 6.45) is 1.62. The molecule has 1 aromatic carbocycles. The van der Waals surface area contributed by atoms with Crippen molar-refractivity contribution in [3.63, 3.8) is 0 Å². The van der Waals surface area contributed by atoms with Crippen molar-refractivity contribution in [1.82, 2.24) is 9.97 Å². The van der Waals surface area contributed by atoms with Crippen LogP contribution in [0.3, 0.4) is 0 Å². The van der Waals surface area contributed by atoms with Crippen LogP contribution in [0.1, 0.15) is 5.56 Å². The first-order valence-corrected chi connectivity index (χ1v) is 6.41. The Morgan fingerprint density at radius 2 is 2.06 bits per heavy atom. The van der Waals surface area contributed by atoms with Gasteiger partial charge in [-0.15, -0.1) is 0 Å². The van der Waals surface area contributed by atoms with Gasteiger partial charge in [-0.05, 0) is 33.6 Å². The lowest BCUT2D eigenvalue weighted by molar-refractivity contribution is 0.414. The molecule has 94 valence electrons. The van der Waals surface area contributed by atoms with E-state index in [-0.39, 0.29) is 0 Å². The van der Waals surface area contributed by atoms with Gasteiger partial charge in [-0.25, -0.2) is 9.97 Å². The van der Waals surface area contributed by atoms with E-state index in [1.54, 1.807) is 13.3 Å². The van der Waals surface area contributed by atoms with Crippen LogP contribution in [0.2, 0.25) is 5.15 Å². The van der Waals surface area contributed by atoms with Gasteiger partial charge in [-0.1, -0.05) is 23.7 Å². The first kappa shape index (κ1) is 13.1. The summed E-state index contributed by atoms with van der Waals surface area (Å²) in [6.45, 7) is 0.649. The van der Waals surface area contributed by atoms with E-state index in [1.165, 1.54) is 0 Å². The van der Waals surface area contributed by atoms with Crippen LogP contribution >= 0.6 is 27.5 Å². The number of halogens is 2. The third-order valence-corrected chi connectivity index (χ3v) is 3.39. The zero-order valence-corrected chi connectivity index (χ0v) is 12.0. The highest BCUT2D eigenvalue weighted by atomic mass is 79.9. The van der Waals surface area contributed by atoms with Gasteiger partial charge < -0.3 is 10.1 Å². The first-order valence-electron chi connectivity index (χ1n) is 5.24. The summed E-state index contributed by atoms with van der Waals surface area (Å²) in [5.74, 6) is 1.48. The third-order valence-electron chi connectivity index (χ3n) is 2.32. The van der Waals surface area contributed by atoms with E-state index < -0.39 is 0 Å². The summed E-state index contributed by atoms with van der Waals surface area (Å²) in [6, 6.07) is 7.80. The molecule has 0 spiro atoms. The molecule has 0 atom stereocenters. The summed E-state index contributed by atoms with van der Waals surface area (Å²) >= 11 is 9.05. The topological polar surface area (TPSA) is 47.0 Å². The number of rotatable bonds is 4. The Morgan fingerprint density at radius 3 is 2.67 bits per heavy atom. The van der Waals surface area contributed by atoms with Gasteiger partial charge in [0, 0.05) is 6.54 Å². The molecule has 0 aliphatic carbocycles. The molecule has 0 bridgehead atoms. The van der Waals surface area contributed by atoms with Crippen LogP contribution in [-0.2, 0) is 6.54 Å². The number of hydrogen-bond donors (Lipinski definition) is 1. The predicted octanol–water partition coefficient (Wildman–Crippen LogP) is 3.51.